The minimum Gasteiger partial charge on any atom is -0.451 e. The van der Waals surface area contributed by atoms with Gasteiger partial charge in [-0.05, 0) is 24.5 Å². The zero-order valence-electron chi connectivity index (χ0n) is 9.02. The number of para-hydroxylation sites is 1. The van der Waals surface area contributed by atoms with Crippen molar-refractivity contribution in [3.8, 4) is 0 Å². The monoisotopic (exact) mass is 214 g/mol. The smallest absolute Gasteiger partial charge is 0.180 e. The molecule has 0 radical (unpaired) electrons. The van der Waals surface area contributed by atoms with E-state index in [-0.39, 0.29) is 5.41 Å². The van der Waals surface area contributed by atoms with E-state index in [0.717, 1.165) is 24.2 Å². The zero-order chi connectivity index (χ0) is 11.0. The Labute approximate surface area is 94.3 Å². The van der Waals surface area contributed by atoms with Crippen molar-refractivity contribution in [2.45, 2.75) is 24.7 Å². The highest BCUT2D eigenvalue weighted by Crippen LogP contribution is 2.49. The maximum absolute atomic E-state index is 6.06. The van der Waals surface area contributed by atoms with Gasteiger partial charge in [0.1, 0.15) is 6.26 Å². The number of nitrogen functional groups attached to an aromatic ring is 1. The summed E-state index contributed by atoms with van der Waals surface area (Å²) in [6.07, 6.45) is 6.67. The fraction of sp³-hybridized carbons (Fsp3) is 0.308. The fourth-order valence-electron chi connectivity index (χ4n) is 2.58. The topological polar surface area (TPSA) is 52.0 Å². The Bertz CT molecular complexity index is 486. The normalized spacial score (nSPS) is 18.0. The molecule has 1 saturated carbocycles. The lowest BCUT2D eigenvalue weighted by atomic mass is 9.62. The lowest BCUT2D eigenvalue weighted by Gasteiger charge is -2.41. The highest BCUT2D eigenvalue weighted by atomic mass is 16.3. The second kappa shape index (κ2) is 3.37. The molecule has 16 heavy (non-hydrogen) atoms. The van der Waals surface area contributed by atoms with Crippen LogP contribution in [0.4, 0.5) is 5.69 Å². The molecule has 0 atom stereocenters. The summed E-state index contributed by atoms with van der Waals surface area (Å²) in [4.78, 5) is 4.31. The Kier molecular flexibility index (Phi) is 1.99. The number of oxazole rings is 1. The van der Waals surface area contributed by atoms with Gasteiger partial charge in [0.05, 0.1) is 5.69 Å². The van der Waals surface area contributed by atoms with Gasteiger partial charge in [-0.25, -0.2) is 4.98 Å². The zero-order valence-corrected chi connectivity index (χ0v) is 9.02. The lowest BCUT2D eigenvalue weighted by molar-refractivity contribution is 0.294. The van der Waals surface area contributed by atoms with Crippen LogP contribution in [0.2, 0.25) is 0 Å². The number of aromatic nitrogens is 1. The van der Waals surface area contributed by atoms with Gasteiger partial charge in [-0.1, -0.05) is 24.6 Å². The summed E-state index contributed by atoms with van der Waals surface area (Å²) in [5, 5.41) is 0. The number of hydrogen-bond donors (Lipinski definition) is 1. The van der Waals surface area contributed by atoms with E-state index in [9.17, 15) is 0 Å². The summed E-state index contributed by atoms with van der Waals surface area (Å²) < 4.78 is 5.11. The van der Waals surface area contributed by atoms with Crippen LogP contribution >= 0.6 is 0 Å². The molecule has 1 heterocycles. The van der Waals surface area contributed by atoms with Gasteiger partial charge in [0, 0.05) is 11.1 Å². The van der Waals surface area contributed by atoms with Crippen LogP contribution in [0.1, 0.15) is 30.5 Å². The summed E-state index contributed by atoms with van der Waals surface area (Å²) in [5.74, 6) is 0. The molecule has 2 aromatic rings. The van der Waals surface area contributed by atoms with Crippen molar-refractivity contribution in [1.82, 2.24) is 4.98 Å². The average Bonchev–Trinajstić information content (AvgIpc) is 2.73. The van der Waals surface area contributed by atoms with Crippen molar-refractivity contribution in [2.75, 3.05) is 5.73 Å². The van der Waals surface area contributed by atoms with E-state index in [1.54, 1.807) is 6.26 Å². The lowest BCUT2D eigenvalue weighted by Crippen LogP contribution is -2.36. The van der Waals surface area contributed by atoms with Gasteiger partial charge >= 0.3 is 0 Å². The molecule has 0 aliphatic heterocycles. The van der Waals surface area contributed by atoms with Crippen LogP contribution in [0.25, 0.3) is 0 Å². The van der Waals surface area contributed by atoms with E-state index in [1.165, 1.54) is 18.4 Å². The van der Waals surface area contributed by atoms with Crippen LogP contribution < -0.4 is 5.73 Å². The second-order valence-corrected chi connectivity index (χ2v) is 4.40. The van der Waals surface area contributed by atoms with Crippen LogP contribution in [-0.2, 0) is 5.41 Å². The maximum atomic E-state index is 6.06. The summed E-state index contributed by atoms with van der Waals surface area (Å²) in [6.45, 7) is 0. The molecule has 0 saturated heterocycles. The molecular formula is C13H14N2O. The average molecular weight is 214 g/mol. The van der Waals surface area contributed by atoms with E-state index in [2.05, 4.69) is 11.1 Å². The molecule has 1 aromatic heterocycles. The number of benzene rings is 1. The van der Waals surface area contributed by atoms with Crippen molar-refractivity contribution >= 4 is 5.69 Å². The number of nitrogens with zero attached hydrogens (tertiary/aromatic N) is 1. The first-order valence-corrected chi connectivity index (χ1v) is 5.57. The molecule has 1 aliphatic carbocycles. The van der Waals surface area contributed by atoms with Crippen molar-refractivity contribution in [3.63, 3.8) is 0 Å². The minimum atomic E-state index is -0.00164. The molecule has 3 rings (SSSR count). The van der Waals surface area contributed by atoms with Gasteiger partial charge in [-0.3, -0.25) is 0 Å². The molecule has 0 bridgehead atoms. The quantitative estimate of drug-likeness (QED) is 0.782. The molecule has 82 valence electrons. The summed E-state index contributed by atoms with van der Waals surface area (Å²) >= 11 is 0. The third-order valence-electron chi connectivity index (χ3n) is 3.61. The molecule has 1 aromatic carbocycles. The van der Waals surface area contributed by atoms with Crippen LogP contribution in [0.15, 0.2) is 41.3 Å². The third-order valence-corrected chi connectivity index (χ3v) is 3.61. The molecule has 3 heteroatoms. The predicted molar refractivity (Wildman–Crippen MR) is 62.0 cm³/mol. The molecule has 1 fully saturated rings. The Morgan fingerprint density at radius 1 is 1.25 bits per heavy atom. The van der Waals surface area contributed by atoms with E-state index < -0.39 is 0 Å². The number of hydrogen-bond acceptors (Lipinski definition) is 3. The van der Waals surface area contributed by atoms with Gasteiger partial charge < -0.3 is 10.2 Å². The molecule has 1 aliphatic rings. The molecule has 3 nitrogen and oxygen atoms in total. The van der Waals surface area contributed by atoms with Crippen LogP contribution in [0.5, 0.6) is 0 Å². The number of nitrogens with two attached hydrogens (primary N) is 1. The minimum absolute atomic E-state index is 0.00164. The standard InChI is InChI=1S/C13H14N2O/c14-11-5-2-1-4-10(11)13(6-3-7-13)12-8-16-9-15-12/h1-2,4-5,8-9H,3,6-7,14H2. The first-order valence-electron chi connectivity index (χ1n) is 5.57. The fourth-order valence-corrected chi connectivity index (χ4v) is 2.58. The molecular weight excluding hydrogens is 200 g/mol. The van der Waals surface area contributed by atoms with Gasteiger partial charge in [0.25, 0.3) is 0 Å². The number of rotatable bonds is 2. The van der Waals surface area contributed by atoms with Crippen molar-refractivity contribution in [1.29, 1.82) is 0 Å². The van der Waals surface area contributed by atoms with Gasteiger partial charge in [0.2, 0.25) is 0 Å². The van der Waals surface area contributed by atoms with Crippen LogP contribution in [0.3, 0.4) is 0 Å². The van der Waals surface area contributed by atoms with Gasteiger partial charge in [-0.2, -0.15) is 0 Å². The highest BCUT2D eigenvalue weighted by Gasteiger charge is 2.43. The molecule has 0 spiro atoms. The van der Waals surface area contributed by atoms with Crippen LogP contribution in [-0.4, -0.2) is 4.98 Å². The predicted octanol–water partition coefficient (Wildman–Crippen LogP) is 2.73. The highest BCUT2D eigenvalue weighted by molar-refractivity contribution is 5.54. The summed E-state index contributed by atoms with van der Waals surface area (Å²) in [5.41, 5.74) is 9.11. The van der Waals surface area contributed by atoms with Gasteiger partial charge in [-0.15, -0.1) is 0 Å². The molecule has 0 amide bonds. The SMILES string of the molecule is Nc1ccccc1C1(c2cocn2)CCC1. The van der Waals surface area contributed by atoms with Crippen LogP contribution in [0, 0.1) is 0 Å². The van der Waals surface area contributed by atoms with Crippen molar-refractivity contribution < 1.29 is 4.42 Å². The molecule has 0 unspecified atom stereocenters. The Hall–Kier alpha value is -1.77. The summed E-state index contributed by atoms with van der Waals surface area (Å²) in [6, 6.07) is 8.05. The maximum Gasteiger partial charge on any atom is 0.180 e. The first-order chi connectivity index (χ1) is 7.83. The van der Waals surface area contributed by atoms with E-state index in [1.807, 2.05) is 18.2 Å². The summed E-state index contributed by atoms with van der Waals surface area (Å²) in [7, 11) is 0. The largest absolute Gasteiger partial charge is 0.451 e. The van der Waals surface area contributed by atoms with E-state index in [4.69, 9.17) is 10.2 Å². The Morgan fingerprint density at radius 3 is 2.62 bits per heavy atom. The van der Waals surface area contributed by atoms with Crippen molar-refractivity contribution in [3.05, 3.63) is 48.2 Å². The van der Waals surface area contributed by atoms with E-state index in [0.29, 0.717) is 0 Å². The second-order valence-electron chi connectivity index (χ2n) is 4.40. The number of anilines is 1. The third kappa shape index (κ3) is 1.18. The van der Waals surface area contributed by atoms with Crippen molar-refractivity contribution in [2.24, 2.45) is 0 Å². The Balaban J connectivity index is 2.13. The molecule has 2 N–H and O–H groups in total. The first kappa shape index (κ1) is 9.46. The Morgan fingerprint density at radius 2 is 2.06 bits per heavy atom. The van der Waals surface area contributed by atoms with Gasteiger partial charge in [0.15, 0.2) is 6.39 Å². The van der Waals surface area contributed by atoms with E-state index >= 15 is 0 Å².